The van der Waals surface area contributed by atoms with Crippen LogP contribution >= 0.6 is 11.8 Å². The maximum atomic E-state index is 12.9. The smallest absolute Gasteiger partial charge is 0.289 e. The molecule has 0 N–H and O–H groups in total. The molecule has 0 radical (unpaired) electrons. The highest BCUT2D eigenvalue weighted by molar-refractivity contribution is 7.98. The number of rotatable bonds is 4. The molecule has 1 amide bonds. The molecule has 0 aliphatic carbocycles. The normalized spacial score (nSPS) is 23.6. The van der Waals surface area contributed by atoms with Crippen LogP contribution in [0.5, 0.6) is 0 Å². The minimum Gasteiger partial charge on any atom is -0.455 e. The third-order valence-corrected chi connectivity index (χ3v) is 6.19. The fourth-order valence-corrected chi connectivity index (χ4v) is 4.76. The Bertz CT molecular complexity index is 730. The van der Waals surface area contributed by atoms with Crippen molar-refractivity contribution in [2.75, 3.05) is 26.7 Å². The zero-order chi connectivity index (χ0) is 17.2. The number of piperidine rings is 1. The first kappa shape index (κ1) is 16.7. The molecular formula is C20H24N2O2S. The number of carbonyl (C=O) groups is 1. The molecule has 5 heteroatoms. The second-order valence-corrected chi connectivity index (χ2v) is 8.19. The summed E-state index contributed by atoms with van der Waals surface area (Å²) in [4.78, 5) is 18.6. The first-order valence-electron chi connectivity index (χ1n) is 8.95. The second kappa shape index (κ2) is 7.26. The van der Waals surface area contributed by atoms with Crippen molar-refractivity contribution in [3.05, 3.63) is 54.0 Å². The predicted octanol–water partition coefficient (Wildman–Crippen LogP) is 3.74. The summed E-state index contributed by atoms with van der Waals surface area (Å²) in [5, 5.41) is 0. The lowest BCUT2D eigenvalue weighted by atomic mass is 9.95. The molecule has 1 aromatic carbocycles. The molecule has 2 aromatic rings. The van der Waals surface area contributed by atoms with Gasteiger partial charge in [-0.2, -0.15) is 0 Å². The Morgan fingerprint density at radius 2 is 1.96 bits per heavy atom. The number of carbonyl (C=O) groups excluding carboxylic acids is 1. The van der Waals surface area contributed by atoms with Gasteiger partial charge >= 0.3 is 0 Å². The SMILES string of the molecule is CN1C[C@@H]2CC[C@H](C1)N(C(=O)c1ccc(CSc3ccccc3)o1)C2. The molecule has 25 heavy (non-hydrogen) atoms. The number of amides is 1. The third kappa shape index (κ3) is 3.77. The Morgan fingerprint density at radius 1 is 1.12 bits per heavy atom. The van der Waals surface area contributed by atoms with Gasteiger partial charge in [0.1, 0.15) is 5.76 Å². The van der Waals surface area contributed by atoms with Crippen molar-refractivity contribution in [1.82, 2.24) is 9.80 Å². The summed E-state index contributed by atoms with van der Waals surface area (Å²) in [6.45, 7) is 2.93. The Morgan fingerprint density at radius 3 is 2.80 bits per heavy atom. The summed E-state index contributed by atoms with van der Waals surface area (Å²) in [6.07, 6.45) is 2.34. The molecule has 0 spiro atoms. The van der Waals surface area contributed by atoms with E-state index in [1.807, 2.05) is 35.2 Å². The third-order valence-electron chi connectivity index (χ3n) is 5.15. The number of hydrogen-bond donors (Lipinski definition) is 0. The van der Waals surface area contributed by atoms with Gasteiger partial charge < -0.3 is 14.2 Å². The van der Waals surface area contributed by atoms with E-state index in [0.29, 0.717) is 17.7 Å². The van der Waals surface area contributed by atoms with Crippen molar-refractivity contribution in [2.24, 2.45) is 5.92 Å². The lowest BCUT2D eigenvalue weighted by Gasteiger charge is -2.35. The first-order valence-corrected chi connectivity index (χ1v) is 9.93. The van der Waals surface area contributed by atoms with Crippen LogP contribution in [0.3, 0.4) is 0 Å². The van der Waals surface area contributed by atoms with Crippen LogP contribution in [0.2, 0.25) is 0 Å². The highest BCUT2D eigenvalue weighted by atomic mass is 32.2. The standard InChI is InChI=1S/C20H24N2O2S/c1-21-11-15-7-8-16(13-21)22(12-15)20(23)19-10-9-17(24-19)14-25-18-5-3-2-4-6-18/h2-6,9-10,15-16H,7-8,11-14H2,1H3/t15-,16+/m0/s1. The van der Waals surface area contributed by atoms with E-state index in [0.717, 1.165) is 37.6 Å². The topological polar surface area (TPSA) is 36.7 Å². The summed E-state index contributed by atoms with van der Waals surface area (Å²) in [7, 11) is 2.16. The number of thioether (sulfide) groups is 1. The van der Waals surface area contributed by atoms with Crippen LogP contribution in [-0.4, -0.2) is 48.4 Å². The summed E-state index contributed by atoms with van der Waals surface area (Å²) < 4.78 is 5.87. The summed E-state index contributed by atoms with van der Waals surface area (Å²) in [5.74, 6) is 2.73. The average molecular weight is 356 g/mol. The summed E-state index contributed by atoms with van der Waals surface area (Å²) in [5.41, 5.74) is 0. The van der Waals surface area contributed by atoms with Crippen LogP contribution in [0.1, 0.15) is 29.2 Å². The van der Waals surface area contributed by atoms with Crippen LogP contribution in [-0.2, 0) is 5.75 Å². The predicted molar refractivity (Wildman–Crippen MR) is 99.8 cm³/mol. The monoisotopic (exact) mass is 356 g/mol. The maximum absolute atomic E-state index is 12.9. The summed E-state index contributed by atoms with van der Waals surface area (Å²) in [6, 6.07) is 14.4. The Labute approximate surface area is 153 Å². The quantitative estimate of drug-likeness (QED) is 0.782. The molecule has 3 fully saturated rings. The van der Waals surface area contributed by atoms with Crippen molar-refractivity contribution >= 4 is 17.7 Å². The zero-order valence-corrected chi connectivity index (χ0v) is 15.4. The van der Waals surface area contributed by atoms with E-state index in [9.17, 15) is 4.79 Å². The fraction of sp³-hybridized carbons (Fsp3) is 0.450. The van der Waals surface area contributed by atoms with Crippen LogP contribution < -0.4 is 0 Å². The number of benzene rings is 1. The van der Waals surface area contributed by atoms with E-state index >= 15 is 0 Å². The Kier molecular flexibility index (Phi) is 4.86. The molecule has 132 valence electrons. The molecule has 2 atom stereocenters. The van der Waals surface area contributed by atoms with Crippen LogP contribution in [0.4, 0.5) is 0 Å². The number of furan rings is 1. The van der Waals surface area contributed by atoms with Gasteiger partial charge in [0.15, 0.2) is 5.76 Å². The molecule has 5 rings (SSSR count). The molecule has 0 unspecified atom stereocenters. The largest absolute Gasteiger partial charge is 0.455 e. The van der Waals surface area contributed by atoms with E-state index in [1.165, 1.54) is 11.3 Å². The number of likely N-dealkylation sites (N-methyl/N-ethyl adjacent to an activating group) is 1. The van der Waals surface area contributed by atoms with Crippen LogP contribution in [0.15, 0.2) is 51.8 Å². The highest BCUT2D eigenvalue weighted by Gasteiger charge is 2.37. The van der Waals surface area contributed by atoms with Crippen LogP contribution in [0.25, 0.3) is 0 Å². The van der Waals surface area contributed by atoms with Gasteiger partial charge in [0, 0.05) is 30.6 Å². The van der Waals surface area contributed by atoms with E-state index in [-0.39, 0.29) is 5.91 Å². The second-order valence-electron chi connectivity index (χ2n) is 7.14. The Hall–Kier alpha value is -1.72. The van der Waals surface area contributed by atoms with Gasteiger partial charge in [-0.15, -0.1) is 11.8 Å². The maximum Gasteiger partial charge on any atom is 0.289 e. The molecule has 4 heterocycles. The number of fused-ring (bicyclic) bond motifs is 4. The highest BCUT2D eigenvalue weighted by Crippen LogP contribution is 2.29. The fourth-order valence-electron chi connectivity index (χ4n) is 3.95. The Balaban J connectivity index is 1.42. The number of nitrogens with zero attached hydrogens (tertiary/aromatic N) is 2. The van der Waals surface area contributed by atoms with Crippen molar-refractivity contribution in [3.63, 3.8) is 0 Å². The molecule has 3 aliphatic rings. The molecular weight excluding hydrogens is 332 g/mol. The van der Waals surface area contributed by atoms with Crippen molar-refractivity contribution in [2.45, 2.75) is 29.5 Å². The van der Waals surface area contributed by atoms with E-state index in [1.54, 1.807) is 11.8 Å². The van der Waals surface area contributed by atoms with Gasteiger partial charge in [-0.25, -0.2) is 0 Å². The lowest BCUT2D eigenvalue weighted by molar-refractivity contribution is 0.0553. The van der Waals surface area contributed by atoms with Gasteiger partial charge in [0.25, 0.3) is 5.91 Å². The lowest BCUT2D eigenvalue weighted by Crippen LogP contribution is -2.47. The first-order chi connectivity index (χ1) is 12.2. The van der Waals surface area contributed by atoms with E-state index in [2.05, 4.69) is 24.1 Å². The minimum absolute atomic E-state index is 0.0564. The molecule has 1 aromatic heterocycles. The van der Waals surface area contributed by atoms with Gasteiger partial charge in [-0.05, 0) is 50.1 Å². The van der Waals surface area contributed by atoms with Gasteiger partial charge in [0.2, 0.25) is 0 Å². The van der Waals surface area contributed by atoms with Crippen molar-refractivity contribution in [1.29, 1.82) is 0 Å². The molecule has 3 saturated heterocycles. The molecule has 3 aliphatic heterocycles. The van der Waals surface area contributed by atoms with Gasteiger partial charge in [-0.3, -0.25) is 4.79 Å². The van der Waals surface area contributed by atoms with E-state index in [4.69, 9.17) is 4.42 Å². The van der Waals surface area contributed by atoms with Crippen molar-refractivity contribution < 1.29 is 9.21 Å². The summed E-state index contributed by atoms with van der Waals surface area (Å²) >= 11 is 1.72. The van der Waals surface area contributed by atoms with Gasteiger partial charge in [-0.1, -0.05) is 18.2 Å². The molecule has 2 bridgehead atoms. The molecule has 4 nitrogen and oxygen atoms in total. The number of hydrogen-bond acceptors (Lipinski definition) is 4. The average Bonchev–Trinajstić information content (AvgIpc) is 2.95. The van der Waals surface area contributed by atoms with Crippen LogP contribution in [0, 0.1) is 5.92 Å². The zero-order valence-electron chi connectivity index (χ0n) is 14.6. The van der Waals surface area contributed by atoms with Gasteiger partial charge in [0.05, 0.1) is 5.75 Å². The molecule has 0 saturated carbocycles. The van der Waals surface area contributed by atoms with Crippen molar-refractivity contribution in [3.8, 4) is 0 Å². The minimum atomic E-state index is 0.0564. The van der Waals surface area contributed by atoms with E-state index < -0.39 is 0 Å².